The molecule has 20 heavy (non-hydrogen) atoms. The molecule has 2 atom stereocenters. The number of aliphatic hydroxyl groups is 1. The number of aliphatic hydroxyl groups excluding tert-OH is 1. The van der Waals surface area contributed by atoms with Crippen LogP contribution in [0.15, 0.2) is 60.7 Å². The molecule has 0 aliphatic rings. The zero-order chi connectivity index (χ0) is 14.4. The molecule has 0 spiro atoms. The number of likely N-dealkylation sites (N-methyl/N-ethyl adjacent to an activating group) is 1. The third-order valence-corrected chi connectivity index (χ3v) is 3.81. The molecule has 2 nitrogen and oxygen atoms in total. The number of hydrogen-bond donors (Lipinski definition) is 1. The van der Waals surface area contributed by atoms with Crippen LogP contribution in [0.1, 0.15) is 31.1 Å². The normalized spacial score (nSPS) is 14.2. The van der Waals surface area contributed by atoms with E-state index in [9.17, 15) is 5.11 Å². The molecule has 0 heterocycles. The van der Waals surface area contributed by atoms with Gasteiger partial charge in [0, 0.05) is 12.6 Å². The first-order valence-electron chi connectivity index (χ1n) is 7.23. The van der Waals surface area contributed by atoms with Crippen molar-refractivity contribution in [2.75, 3.05) is 6.54 Å². The van der Waals surface area contributed by atoms with E-state index in [0.717, 1.165) is 18.7 Å². The maximum absolute atomic E-state index is 10.5. The smallest absolute Gasteiger partial charge is 0.0942 e. The topological polar surface area (TPSA) is 23.5 Å². The molecule has 1 N–H and O–H groups in total. The van der Waals surface area contributed by atoms with Crippen LogP contribution in [-0.2, 0) is 6.54 Å². The Bertz CT molecular complexity index is 497. The average Bonchev–Trinajstić information content (AvgIpc) is 2.53. The third kappa shape index (κ3) is 3.69. The molecule has 0 radical (unpaired) electrons. The second kappa shape index (κ2) is 7.22. The standard InChI is InChI=1S/C18H23NO/c1-3-19(14-16-10-6-4-7-11-16)15(2)18(20)17-12-8-5-9-13-17/h4-13,15,18,20H,3,14H2,1-2H3/t15-,18-/m1/s1. The summed E-state index contributed by atoms with van der Waals surface area (Å²) >= 11 is 0. The highest BCUT2D eigenvalue weighted by Crippen LogP contribution is 2.22. The van der Waals surface area contributed by atoms with Crippen LogP contribution in [0.5, 0.6) is 0 Å². The second-order valence-electron chi connectivity index (χ2n) is 5.14. The van der Waals surface area contributed by atoms with Crippen LogP contribution in [0, 0.1) is 0 Å². The van der Waals surface area contributed by atoms with Crippen molar-refractivity contribution in [1.82, 2.24) is 4.90 Å². The molecular formula is C18H23NO. The lowest BCUT2D eigenvalue weighted by Crippen LogP contribution is -2.37. The Morgan fingerprint density at radius 3 is 2.05 bits per heavy atom. The monoisotopic (exact) mass is 269 g/mol. The fraction of sp³-hybridized carbons (Fsp3) is 0.333. The van der Waals surface area contributed by atoms with Gasteiger partial charge in [0.1, 0.15) is 0 Å². The van der Waals surface area contributed by atoms with Crippen molar-refractivity contribution in [1.29, 1.82) is 0 Å². The highest BCUT2D eigenvalue weighted by molar-refractivity contribution is 5.19. The number of hydrogen-bond acceptors (Lipinski definition) is 2. The maximum atomic E-state index is 10.5. The van der Waals surface area contributed by atoms with Gasteiger partial charge in [0.05, 0.1) is 6.10 Å². The summed E-state index contributed by atoms with van der Waals surface area (Å²) in [6, 6.07) is 20.4. The summed E-state index contributed by atoms with van der Waals surface area (Å²) in [6.45, 7) is 6.00. The Morgan fingerprint density at radius 2 is 1.50 bits per heavy atom. The summed E-state index contributed by atoms with van der Waals surface area (Å²) in [5, 5.41) is 10.5. The van der Waals surface area contributed by atoms with Gasteiger partial charge < -0.3 is 5.11 Å². The molecule has 106 valence electrons. The van der Waals surface area contributed by atoms with Crippen LogP contribution in [0.4, 0.5) is 0 Å². The molecule has 0 bridgehead atoms. The van der Waals surface area contributed by atoms with Crippen LogP contribution < -0.4 is 0 Å². The Hall–Kier alpha value is -1.64. The number of rotatable bonds is 6. The van der Waals surface area contributed by atoms with Gasteiger partial charge in [0.15, 0.2) is 0 Å². The molecule has 2 aromatic carbocycles. The van der Waals surface area contributed by atoms with E-state index >= 15 is 0 Å². The van der Waals surface area contributed by atoms with Gasteiger partial charge in [-0.15, -0.1) is 0 Å². The van der Waals surface area contributed by atoms with E-state index in [4.69, 9.17) is 0 Å². The molecule has 0 fully saturated rings. The summed E-state index contributed by atoms with van der Waals surface area (Å²) in [5.74, 6) is 0. The summed E-state index contributed by atoms with van der Waals surface area (Å²) in [5.41, 5.74) is 2.26. The first kappa shape index (κ1) is 14.8. The van der Waals surface area contributed by atoms with Gasteiger partial charge in [-0.3, -0.25) is 4.90 Å². The summed E-state index contributed by atoms with van der Waals surface area (Å²) in [4.78, 5) is 2.30. The Kier molecular flexibility index (Phi) is 5.33. The quantitative estimate of drug-likeness (QED) is 0.865. The fourth-order valence-corrected chi connectivity index (χ4v) is 2.49. The van der Waals surface area contributed by atoms with E-state index in [1.54, 1.807) is 0 Å². The van der Waals surface area contributed by atoms with E-state index in [1.807, 2.05) is 36.4 Å². The minimum Gasteiger partial charge on any atom is -0.387 e. The molecule has 0 amide bonds. The fourth-order valence-electron chi connectivity index (χ4n) is 2.49. The van der Waals surface area contributed by atoms with Gasteiger partial charge in [-0.1, -0.05) is 67.6 Å². The lowest BCUT2D eigenvalue weighted by atomic mass is 10.0. The zero-order valence-corrected chi connectivity index (χ0v) is 12.2. The molecular weight excluding hydrogens is 246 g/mol. The first-order valence-corrected chi connectivity index (χ1v) is 7.23. The lowest BCUT2D eigenvalue weighted by molar-refractivity contribution is 0.0564. The van der Waals surface area contributed by atoms with Gasteiger partial charge in [-0.2, -0.15) is 0 Å². The molecule has 0 saturated heterocycles. The van der Waals surface area contributed by atoms with Crippen molar-refractivity contribution in [2.24, 2.45) is 0 Å². The van der Waals surface area contributed by atoms with E-state index in [2.05, 4.69) is 43.0 Å². The van der Waals surface area contributed by atoms with Crippen molar-refractivity contribution in [3.8, 4) is 0 Å². The van der Waals surface area contributed by atoms with Gasteiger partial charge in [-0.25, -0.2) is 0 Å². The molecule has 2 heteroatoms. The Labute approximate surface area is 121 Å². The van der Waals surface area contributed by atoms with Crippen molar-refractivity contribution < 1.29 is 5.11 Å². The van der Waals surface area contributed by atoms with Gasteiger partial charge in [0.2, 0.25) is 0 Å². The van der Waals surface area contributed by atoms with Crippen LogP contribution in [0.2, 0.25) is 0 Å². The SMILES string of the molecule is CCN(Cc1ccccc1)[C@H](C)[C@@H](O)c1ccccc1. The summed E-state index contributed by atoms with van der Waals surface area (Å²) in [6.07, 6.45) is -0.458. The van der Waals surface area contributed by atoms with E-state index in [-0.39, 0.29) is 6.04 Å². The van der Waals surface area contributed by atoms with Crippen molar-refractivity contribution in [3.05, 3.63) is 71.8 Å². The van der Waals surface area contributed by atoms with Crippen molar-refractivity contribution in [2.45, 2.75) is 32.5 Å². The lowest BCUT2D eigenvalue weighted by Gasteiger charge is -2.31. The van der Waals surface area contributed by atoms with Crippen LogP contribution in [0.3, 0.4) is 0 Å². The first-order chi connectivity index (χ1) is 9.72. The highest BCUT2D eigenvalue weighted by Gasteiger charge is 2.21. The predicted octanol–water partition coefficient (Wildman–Crippen LogP) is 3.63. The molecule has 2 rings (SSSR count). The second-order valence-corrected chi connectivity index (χ2v) is 5.14. The minimum absolute atomic E-state index is 0.0857. The Morgan fingerprint density at radius 1 is 0.950 bits per heavy atom. The zero-order valence-electron chi connectivity index (χ0n) is 12.2. The van der Waals surface area contributed by atoms with E-state index in [1.165, 1.54) is 5.56 Å². The van der Waals surface area contributed by atoms with Crippen molar-refractivity contribution in [3.63, 3.8) is 0 Å². The van der Waals surface area contributed by atoms with Gasteiger partial charge in [0.25, 0.3) is 0 Å². The van der Waals surface area contributed by atoms with Crippen molar-refractivity contribution >= 4 is 0 Å². The number of benzene rings is 2. The average molecular weight is 269 g/mol. The third-order valence-electron chi connectivity index (χ3n) is 3.81. The molecule has 0 saturated carbocycles. The van der Waals surface area contributed by atoms with Crippen LogP contribution in [-0.4, -0.2) is 22.6 Å². The van der Waals surface area contributed by atoms with Gasteiger partial charge >= 0.3 is 0 Å². The molecule has 0 aliphatic heterocycles. The molecule has 0 aliphatic carbocycles. The number of nitrogens with zero attached hydrogens (tertiary/aromatic N) is 1. The predicted molar refractivity (Wildman–Crippen MR) is 83.4 cm³/mol. The minimum atomic E-state index is -0.458. The van der Waals surface area contributed by atoms with E-state index in [0.29, 0.717) is 0 Å². The molecule has 0 aromatic heterocycles. The van der Waals surface area contributed by atoms with Gasteiger partial charge in [-0.05, 0) is 24.6 Å². The van der Waals surface area contributed by atoms with Crippen LogP contribution >= 0.6 is 0 Å². The van der Waals surface area contributed by atoms with Crippen LogP contribution in [0.25, 0.3) is 0 Å². The largest absolute Gasteiger partial charge is 0.387 e. The summed E-state index contributed by atoms with van der Waals surface area (Å²) < 4.78 is 0. The molecule has 2 aromatic rings. The van der Waals surface area contributed by atoms with E-state index < -0.39 is 6.10 Å². The highest BCUT2D eigenvalue weighted by atomic mass is 16.3. The summed E-state index contributed by atoms with van der Waals surface area (Å²) in [7, 11) is 0. The molecule has 0 unspecified atom stereocenters. The maximum Gasteiger partial charge on any atom is 0.0942 e. The Balaban J connectivity index is 2.07.